The van der Waals surface area contributed by atoms with Gasteiger partial charge in [0.1, 0.15) is 6.61 Å². The van der Waals surface area contributed by atoms with Gasteiger partial charge in [-0.2, -0.15) is 18.3 Å². The van der Waals surface area contributed by atoms with E-state index in [1.54, 1.807) is 0 Å². The van der Waals surface area contributed by atoms with Crippen molar-refractivity contribution in [3.8, 4) is 0 Å². The van der Waals surface area contributed by atoms with E-state index in [4.69, 9.17) is 0 Å². The minimum atomic E-state index is -4.31. The van der Waals surface area contributed by atoms with Crippen LogP contribution in [0.5, 0.6) is 0 Å². The van der Waals surface area contributed by atoms with Gasteiger partial charge in [-0.05, 0) is 19.3 Å². The Bertz CT molecular complexity index is 514. The van der Waals surface area contributed by atoms with Crippen LogP contribution in [-0.4, -0.2) is 35.7 Å². The Hall–Kier alpha value is -1.57. The molecule has 0 fully saturated rings. The molecule has 0 saturated heterocycles. The number of nitrogens with zero attached hydrogens (tertiary/aromatic N) is 2. The van der Waals surface area contributed by atoms with Crippen molar-refractivity contribution in [1.82, 2.24) is 9.78 Å². The summed E-state index contributed by atoms with van der Waals surface area (Å²) in [5.41, 5.74) is 1.33. The minimum absolute atomic E-state index is 0.0526. The quantitative estimate of drug-likeness (QED) is 0.837. The fourth-order valence-corrected chi connectivity index (χ4v) is 2.01. The average molecular weight is 291 g/mol. The van der Waals surface area contributed by atoms with E-state index in [2.05, 4.69) is 15.2 Å². The maximum atomic E-state index is 11.9. The van der Waals surface area contributed by atoms with Crippen molar-refractivity contribution in [1.29, 1.82) is 0 Å². The van der Waals surface area contributed by atoms with Gasteiger partial charge in [0, 0.05) is 25.8 Å². The van der Waals surface area contributed by atoms with E-state index >= 15 is 0 Å². The first kappa shape index (κ1) is 14.8. The number of rotatable bonds is 5. The van der Waals surface area contributed by atoms with Gasteiger partial charge in [0.15, 0.2) is 0 Å². The van der Waals surface area contributed by atoms with Crippen LogP contribution in [0.2, 0.25) is 0 Å². The molecule has 1 aromatic heterocycles. The van der Waals surface area contributed by atoms with Crippen LogP contribution in [0.3, 0.4) is 0 Å². The van der Waals surface area contributed by atoms with Crippen molar-refractivity contribution in [3.05, 3.63) is 22.1 Å². The Labute approximate surface area is 113 Å². The van der Waals surface area contributed by atoms with Crippen LogP contribution in [0.1, 0.15) is 18.5 Å². The number of hydrogen-bond donors (Lipinski definition) is 1. The summed E-state index contributed by atoms with van der Waals surface area (Å²) in [6.45, 7) is -0.236. The summed E-state index contributed by atoms with van der Waals surface area (Å²) in [7, 11) is 0. The fraction of sp³-hybridized carbons (Fsp3) is 0.667. The lowest BCUT2D eigenvalue weighted by Crippen LogP contribution is -2.27. The first-order valence-electron chi connectivity index (χ1n) is 6.45. The predicted octanol–water partition coefficient (Wildman–Crippen LogP) is 1.57. The molecule has 0 bridgehead atoms. The van der Waals surface area contributed by atoms with E-state index in [-0.39, 0.29) is 18.7 Å². The molecular weight excluding hydrogens is 275 g/mol. The number of alkyl halides is 3. The van der Waals surface area contributed by atoms with E-state index in [0.29, 0.717) is 6.42 Å². The molecule has 0 saturated carbocycles. The average Bonchev–Trinajstić information content (AvgIpc) is 2.37. The number of fused-ring (bicyclic) bond motifs is 1. The Morgan fingerprint density at radius 1 is 1.45 bits per heavy atom. The summed E-state index contributed by atoms with van der Waals surface area (Å²) in [5.74, 6) is 0. The van der Waals surface area contributed by atoms with Gasteiger partial charge in [0.2, 0.25) is 0 Å². The van der Waals surface area contributed by atoms with E-state index in [9.17, 15) is 18.0 Å². The monoisotopic (exact) mass is 291 g/mol. The predicted molar refractivity (Wildman–Crippen MR) is 66.8 cm³/mol. The van der Waals surface area contributed by atoms with Gasteiger partial charge in [-0.3, -0.25) is 4.79 Å². The first-order chi connectivity index (χ1) is 9.46. The second kappa shape index (κ2) is 6.25. The highest BCUT2D eigenvalue weighted by Crippen LogP contribution is 2.17. The molecule has 20 heavy (non-hydrogen) atoms. The zero-order valence-corrected chi connectivity index (χ0v) is 10.9. The van der Waals surface area contributed by atoms with E-state index in [0.717, 1.165) is 30.8 Å². The molecule has 0 aromatic carbocycles. The molecule has 5 nitrogen and oxygen atoms in total. The summed E-state index contributed by atoms with van der Waals surface area (Å²) < 4.78 is 41.3. The number of aryl methyl sites for hydroxylation is 2. The van der Waals surface area contributed by atoms with Gasteiger partial charge < -0.3 is 10.1 Å². The Balaban J connectivity index is 1.85. The van der Waals surface area contributed by atoms with Crippen LogP contribution in [0, 0.1) is 0 Å². The van der Waals surface area contributed by atoms with Crippen LogP contribution in [0.15, 0.2) is 10.9 Å². The van der Waals surface area contributed by atoms with Crippen LogP contribution in [-0.2, 0) is 17.7 Å². The zero-order valence-electron chi connectivity index (χ0n) is 10.9. The lowest BCUT2D eigenvalue weighted by Gasteiger charge is -2.17. The highest BCUT2D eigenvalue weighted by Gasteiger charge is 2.27. The molecule has 0 spiro atoms. The topological polar surface area (TPSA) is 56.2 Å². The summed E-state index contributed by atoms with van der Waals surface area (Å²) >= 11 is 0. The lowest BCUT2D eigenvalue weighted by atomic mass is 10.1. The number of nitrogens with one attached hydrogen (secondary N) is 1. The highest BCUT2D eigenvalue weighted by molar-refractivity contribution is 5.48. The molecular formula is C12H16F3N3O2. The van der Waals surface area contributed by atoms with Crippen molar-refractivity contribution in [2.75, 3.05) is 25.1 Å². The van der Waals surface area contributed by atoms with Gasteiger partial charge in [-0.25, -0.2) is 4.68 Å². The third kappa shape index (κ3) is 4.22. The molecule has 1 aromatic rings. The van der Waals surface area contributed by atoms with Crippen molar-refractivity contribution in [2.45, 2.75) is 32.0 Å². The van der Waals surface area contributed by atoms with Crippen molar-refractivity contribution in [2.24, 2.45) is 0 Å². The Kier molecular flexibility index (Phi) is 4.64. The summed E-state index contributed by atoms with van der Waals surface area (Å²) in [6, 6.07) is 1.48. The second-order valence-electron chi connectivity index (χ2n) is 4.62. The molecule has 2 heterocycles. The lowest BCUT2D eigenvalue weighted by molar-refractivity contribution is -0.174. The number of halogens is 3. The molecule has 0 atom stereocenters. The minimum Gasteiger partial charge on any atom is -0.383 e. The van der Waals surface area contributed by atoms with Crippen molar-refractivity contribution < 1.29 is 17.9 Å². The molecule has 0 aliphatic carbocycles. The third-order valence-corrected chi connectivity index (χ3v) is 2.90. The molecule has 0 radical (unpaired) electrons. The van der Waals surface area contributed by atoms with E-state index in [1.165, 1.54) is 10.7 Å². The number of anilines is 1. The van der Waals surface area contributed by atoms with Crippen LogP contribution in [0.4, 0.5) is 18.9 Å². The highest BCUT2D eigenvalue weighted by atomic mass is 19.4. The third-order valence-electron chi connectivity index (χ3n) is 2.90. The molecule has 2 rings (SSSR count). The summed E-state index contributed by atoms with van der Waals surface area (Å²) in [4.78, 5) is 11.8. The maximum absolute atomic E-state index is 11.9. The van der Waals surface area contributed by atoms with Gasteiger partial charge >= 0.3 is 6.18 Å². The Morgan fingerprint density at radius 2 is 2.25 bits per heavy atom. The van der Waals surface area contributed by atoms with Crippen LogP contribution in [0.25, 0.3) is 0 Å². The molecule has 1 N–H and O–H groups in total. The van der Waals surface area contributed by atoms with Crippen molar-refractivity contribution >= 4 is 5.69 Å². The smallest absolute Gasteiger partial charge is 0.383 e. The summed E-state index contributed by atoms with van der Waals surface area (Å²) in [5, 5.41) is 7.32. The summed E-state index contributed by atoms with van der Waals surface area (Å²) in [6.07, 6.45) is -2.25. The van der Waals surface area contributed by atoms with Crippen molar-refractivity contribution in [3.63, 3.8) is 0 Å². The van der Waals surface area contributed by atoms with Gasteiger partial charge in [0.25, 0.3) is 5.56 Å². The van der Waals surface area contributed by atoms with E-state index < -0.39 is 12.8 Å². The van der Waals surface area contributed by atoms with Crippen LogP contribution < -0.4 is 10.9 Å². The molecule has 1 aliphatic heterocycles. The number of ether oxygens (including phenoxy) is 1. The first-order valence-corrected chi connectivity index (χ1v) is 6.45. The Morgan fingerprint density at radius 3 is 3.00 bits per heavy atom. The molecule has 0 amide bonds. The van der Waals surface area contributed by atoms with Gasteiger partial charge in [-0.15, -0.1) is 0 Å². The van der Waals surface area contributed by atoms with Crippen LogP contribution >= 0.6 is 0 Å². The largest absolute Gasteiger partial charge is 0.411 e. The zero-order chi connectivity index (χ0) is 14.6. The molecule has 1 aliphatic rings. The second-order valence-corrected chi connectivity index (χ2v) is 4.62. The molecule has 0 unspecified atom stereocenters. The SMILES string of the molecule is O=c1cc2c(nn1CCCOCC(F)(F)F)CCCN2. The fourth-order valence-electron chi connectivity index (χ4n) is 2.01. The van der Waals surface area contributed by atoms with Gasteiger partial charge in [-0.1, -0.05) is 0 Å². The standard InChI is InChI=1S/C12H16F3N3O2/c13-12(14,15)8-20-6-2-5-18-11(19)7-10-9(17-18)3-1-4-16-10/h7,16H,1-6,8H2. The molecule has 112 valence electrons. The molecule has 8 heteroatoms. The number of aromatic nitrogens is 2. The van der Waals surface area contributed by atoms with E-state index in [1.807, 2.05) is 0 Å². The maximum Gasteiger partial charge on any atom is 0.411 e. The number of hydrogen-bond acceptors (Lipinski definition) is 4. The normalized spacial score (nSPS) is 14.8. The van der Waals surface area contributed by atoms with Gasteiger partial charge in [0.05, 0.1) is 11.4 Å².